The Morgan fingerprint density at radius 2 is 1.81 bits per heavy atom. The number of nitrogens with one attached hydrogen (secondary N) is 2. The van der Waals surface area contributed by atoms with Crippen LogP contribution in [0.3, 0.4) is 0 Å². The van der Waals surface area contributed by atoms with Crippen molar-refractivity contribution in [1.29, 1.82) is 0 Å². The van der Waals surface area contributed by atoms with Crippen LogP contribution in [-0.4, -0.2) is 26.7 Å². The Morgan fingerprint density at radius 1 is 1.05 bits per heavy atom. The highest BCUT2D eigenvalue weighted by Crippen LogP contribution is 2.13. The maximum atomic E-state index is 5.08. The van der Waals surface area contributed by atoms with Crippen molar-refractivity contribution in [1.82, 2.24) is 20.1 Å². The molecule has 114 valence electrons. The first kappa shape index (κ1) is 15.2. The van der Waals surface area contributed by atoms with E-state index in [9.17, 15) is 0 Å². The number of hydrogen-bond acceptors (Lipinski definition) is 7. The lowest BCUT2D eigenvalue weighted by Gasteiger charge is -2.09. The van der Waals surface area contributed by atoms with E-state index in [1.807, 2.05) is 6.07 Å². The fraction of sp³-hybridized carbons (Fsp3) is 0.571. The van der Waals surface area contributed by atoms with Gasteiger partial charge in [-0.1, -0.05) is 19.0 Å². The third-order valence-electron chi connectivity index (χ3n) is 2.79. The van der Waals surface area contributed by atoms with Crippen LogP contribution in [0.2, 0.25) is 0 Å². The number of anilines is 2. The van der Waals surface area contributed by atoms with Gasteiger partial charge in [0.05, 0.1) is 6.54 Å². The molecule has 0 saturated carbocycles. The summed E-state index contributed by atoms with van der Waals surface area (Å²) in [7, 11) is 0. The summed E-state index contributed by atoms with van der Waals surface area (Å²) in [5.41, 5.74) is 0. The second-order valence-electron chi connectivity index (χ2n) is 4.82. The highest BCUT2D eigenvalue weighted by molar-refractivity contribution is 5.47. The van der Waals surface area contributed by atoms with E-state index < -0.39 is 0 Å². The lowest BCUT2D eigenvalue weighted by atomic mass is 10.3. The van der Waals surface area contributed by atoms with E-state index in [1.54, 1.807) is 6.92 Å². The zero-order valence-electron chi connectivity index (χ0n) is 12.8. The molecule has 0 spiro atoms. The minimum atomic E-state index is 0.455. The average molecular weight is 290 g/mol. The summed E-state index contributed by atoms with van der Waals surface area (Å²) < 4.78 is 5.08. The predicted molar refractivity (Wildman–Crippen MR) is 81.2 cm³/mol. The van der Waals surface area contributed by atoms with Gasteiger partial charge >= 0.3 is 0 Å². The lowest BCUT2D eigenvalue weighted by Crippen LogP contribution is -2.09. The van der Waals surface area contributed by atoms with Crippen LogP contribution in [-0.2, 0) is 13.0 Å². The van der Waals surface area contributed by atoms with Gasteiger partial charge in [-0.2, -0.15) is 4.98 Å². The van der Waals surface area contributed by atoms with E-state index in [1.165, 1.54) is 0 Å². The third kappa shape index (κ3) is 4.70. The van der Waals surface area contributed by atoms with Crippen molar-refractivity contribution in [2.75, 3.05) is 17.2 Å². The van der Waals surface area contributed by atoms with Crippen LogP contribution in [0.25, 0.3) is 0 Å². The largest absolute Gasteiger partial charge is 0.370 e. The molecule has 0 saturated heterocycles. The van der Waals surface area contributed by atoms with Gasteiger partial charge < -0.3 is 15.2 Å². The van der Waals surface area contributed by atoms with E-state index in [0.29, 0.717) is 18.3 Å². The van der Waals surface area contributed by atoms with Crippen molar-refractivity contribution in [3.8, 4) is 0 Å². The SMILES string of the molecule is CCCNc1cc(NCc2nc(C)no2)nc(CCC)n1. The standard InChI is InChI=1S/C14H22N6O/c1-4-6-11-18-12(15-7-5-2)8-13(19-11)16-9-14-17-10(3)20-21-14/h8H,4-7,9H2,1-3H3,(H2,15,16,18,19). The van der Waals surface area contributed by atoms with Gasteiger partial charge in [-0.3, -0.25) is 0 Å². The first-order chi connectivity index (χ1) is 10.2. The van der Waals surface area contributed by atoms with Gasteiger partial charge in [-0.25, -0.2) is 9.97 Å². The molecular formula is C14H22N6O. The summed E-state index contributed by atoms with van der Waals surface area (Å²) in [5, 5.41) is 10.3. The molecule has 0 bridgehead atoms. The summed E-state index contributed by atoms with van der Waals surface area (Å²) in [4.78, 5) is 13.2. The molecule has 0 fully saturated rings. The summed E-state index contributed by atoms with van der Waals surface area (Å²) in [6, 6.07) is 1.90. The van der Waals surface area contributed by atoms with Crippen molar-refractivity contribution in [2.45, 2.75) is 46.6 Å². The fourth-order valence-electron chi connectivity index (χ4n) is 1.84. The number of rotatable bonds is 8. The van der Waals surface area contributed by atoms with Gasteiger partial charge in [0, 0.05) is 19.0 Å². The van der Waals surface area contributed by atoms with Crippen LogP contribution < -0.4 is 10.6 Å². The minimum Gasteiger partial charge on any atom is -0.370 e. The molecule has 0 aliphatic carbocycles. The Hall–Kier alpha value is -2.18. The van der Waals surface area contributed by atoms with Gasteiger partial charge in [-0.05, 0) is 19.8 Å². The Kier molecular flexibility index (Phi) is 5.48. The van der Waals surface area contributed by atoms with Crippen LogP contribution >= 0.6 is 0 Å². The molecule has 2 rings (SSSR count). The summed E-state index contributed by atoms with van der Waals surface area (Å²) in [5.74, 6) is 3.63. The maximum Gasteiger partial charge on any atom is 0.245 e. The molecule has 0 aliphatic heterocycles. The first-order valence-corrected chi connectivity index (χ1v) is 7.36. The van der Waals surface area contributed by atoms with Gasteiger partial charge in [0.1, 0.15) is 17.5 Å². The van der Waals surface area contributed by atoms with Crippen molar-refractivity contribution in [3.63, 3.8) is 0 Å². The van der Waals surface area contributed by atoms with Gasteiger partial charge in [0.15, 0.2) is 5.82 Å². The van der Waals surface area contributed by atoms with E-state index in [0.717, 1.165) is 43.3 Å². The maximum absolute atomic E-state index is 5.08. The molecule has 0 aliphatic rings. The first-order valence-electron chi connectivity index (χ1n) is 7.36. The number of aromatic nitrogens is 4. The predicted octanol–water partition coefficient (Wildman–Crippen LogP) is 2.55. The molecule has 2 heterocycles. The van der Waals surface area contributed by atoms with E-state index in [-0.39, 0.29) is 0 Å². The van der Waals surface area contributed by atoms with E-state index in [4.69, 9.17) is 4.52 Å². The highest BCUT2D eigenvalue weighted by atomic mass is 16.5. The van der Waals surface area contributed by atoms with E-state index in [2.05, 4.69) is 44.6 Å². The van der Waals surface area contributed by atoms with Gasteiger partial charge in [-0.15, -0.1) is 0 Å². The summed E-state index contributed by atoms with van der Waals surface area (Å²) in [6.45, 7) is 7.38. The monoisotopic (exact) mass is 290 g/mol. The summed E-state index contributed by atoms with van der Waals surface area (Å²) >= 11 is 0. The minimum absolute atomic E-state index is 0.455. The second-order valence-corrected chi connectivity index (χ2v) is 4.82. The van der Waals surface area contributed by atoms with Crippen molar-refractivity contribution in [2.24, 2.45) is 0 Å². The molecule has 0 radical (unpaired) electrons. The zero-order valence-corrected chi connectivity index (χ0v) is 12.8. The molecule has 0 atom stereocenters. The number of hydrogen-bond donors (Lipinski definition) is 2. The molecule has 2 aromatic heterocycles. The third-order valence-corrected chi connectivity index (χ3v) is 2.79. The molecule has 0 unspecified atom stereocenters. The lowest BCUT2D eigenvalue weighted by molar-refractivity contribution is 0.379. The van der Waals surface area contributed by atoms with Gasteiger partial charge in [0.2, 0.25) is 5.89 Å². The molecule has 0 amide bonds. The van der Waals surface area contributed by atoms with Crippen molar-refractivity contribution >= 4 is 11.6 Å². The van der Waals surface area contributed by atoms with Crippen LogP contribution in [0.5, 0.6) is 0 Å². The number of nitrogens with zero attached hydrogens (tertiary/aromatic N) is 4. The Morgan fingerprint density at radius 3 is 2.43 bits per heavy atom. The fourth-order valence-corrected chi connectivity index (χ4v) is 1.84. The Bertz CT molecular complexity index is 568. The van der Waals surface area contributed by atoms with E-state index >= 15 is 0 Å². The quantitative estimate of drug-likeness (QED) is 0.772. The van der Waals surface area contributed by atoms with Crippen LogP contribution in [0, 0.1) is 6.92 Å². The molecule has 21 heavy (non-hydrogen) atoms. The van der Waals surface area contributed by atoms with Crippen molar-refractivity contribution < 1.29 is 4.52 Å². The zero-order chi connectivity index (χ0) is 15.1. The van der Waals surface area contributed by atoms with Gasteiger partial charge in [0.25, 0.3) is 0 Å². The Balaban J connectivity index is 2.07. The number of aryl methyl sites for hydroxylation is 2. The molecule has 2 N–H and O–H groups in total. The molecule has 2 aromatic rings. The molecular weight excluding hydrogens is 268 g/mol. The molecule has 7 nitrogen and oxygen atoms in total. The molecule has 0 aromatic carbocycles. The smallest absolute Gasteiger partial charge is 0.245 e. The highest BCUT2D eigenvalue weighted by Gasteiger charge is 2.06. The topological polar surface area (TPSA) is 88.8 Å². The second kappa shape index (κ2) is 7.56. The normalized spacial score (nSPS) is 10.6. The summed E-state index contributed by atoms with van der Waals surface area (Å²) in [6.07, 6.45) is 2.92. The van der Waals surface area contributed by atoms with Crippen LogP contribution in [0.1, 0.15) is 44.2 Å². The Labute approximate surface area is 124 Å². The van der Waals surface area contributed by atoms with Crippen LogP contribution in [0.4, 0.5) is 11.6 Å². The average Bonchev–Trinajstić information content (AvgIpc) is 2.89. The molecule has 7 heteroatoms. The van der Waals surface area contributed by atoms with Crippen LogP contribution in [0.15, 0.2) is 10.6 Å². The van der Waals surface area contributed by atoms with Crippen molar-refractivity contribution in [3.05, 3.63) is 23.6 Å².